The largest absolute Gasteiger partial charge is 0.409 e. The van der Waals surface area contributed by atoms with Crippen LogP contribution in [-0.2, 0) is 0 Å². The van der Waals surface area contributed by atoms with Crippen LogP contribution in [0, 0.1) is 16.4 Å². The lowest BCUT2D eigenvalue weighted by atomic mass is 10.1. The van der Waals surface area contributed by atoms with Crippen LogP contribution < -0.4 is 11.1 Å². The summed E-state index contributed by atoms with van der Waals surface area (Å²) in [4.78, 5) is 12.0. The number of hydrogen-bond acceptors (Lipinski definition) is 3. The van der Waals surface area contributed by atoms with E-state index in [9.17, 15) is 4.79 Å². The lowest BCUT2D eigenvalue weighted by Gasteiger charge is -2.12. The van der Waals surface area contributed by atoms with E-state index in [0.717, 1.165) is 9.13 Å². The molecule has 98 valence electrons. The summed E-state index contributed by atoms with van der Waals surface area (Å²) < 4.78 is 0.934. The molecule has 5 nitrogen and oxygen atoms in total. The van der Waals surface area contributed by atoms with Crippen molar-refractivity contribution >= 4 is 34.3 Å². The normalized spacial score (nSPS) is 13.2. The van der Waals surface area contributed by atoms with Gasteiger partial charge in [-0.3, -0.25) is 4.79 Å². The number of halogens is 1. The van der Waals surface area contributed by atoms with Crippen LogP contribution in [0.2, 0.25) is 0 Å². The van der Waals surface area contributed by atoms with Gasteiger partial charge in [-0.1, -0.05) is 24.2 Å². The van der Waals surface area contributed by atoms with E-state index in [4.69, 9.17) is 10.9 Å². The third kappa shape index (κ3) is 3.59. The van der Waals surface area contributed by atoms with Crippen molar-refractivity contribution in [2.24, 2.45) is 16.8 Å². The van der Waals surface area contributed by atoms with Crippen molar-refractivity contribution in [1.82, 2.24) is 5.32 Å². The van der Waals surface area contributed by atoms with Crippen molar-refractivity contribution in [3.63, 3.8) is 0 Å². The third-order valence-corrected chi connectivity index (χ3v) is 4.06. The Morgan fingerprint density at radius 2 is 2.28 bits per heavy atom. The Kier molecular flexibility index (Phi) is 5.39. The third-order valence-electron chi connectivity index (χ3n) is 2.63. The van der Waals surface area contributed by atoms with Crippen molar-refractivity contribution in [3.05, 3.63) is 32.9 Å². The van der Waals surface area contributed by atoms with Crippen molar-refractivity contribution in [2.45, 2.75) is 13.8 Å². The van der Waals surface area contributed by atoms with Crippen LogP contribution in [0.25, 0.3) is 0 Å². The molecular formula is C12H16IN3O2. The van der Waals surface area contributed by atoms with E-state index in [1.807, 2.05) is 19.1 Å². The molecule has 1 rings (SSSR count). The number of aryl methyl sites for hydroxylation is 1. The highest BCUT2D eigenvalue weighted by Gasteiger charge is 2.13. The maximum absolute atomic E-state index is 12.0. The maximum atomic E-state index is 12.0. The summed E-state index contributed by atoms with van der Waals surface area (Å²) in [5, 5.41) is 14.2. The van der Waals surface area contributed by atoms with Crippen LogP contribution in [0.4, 0.5) is 0 Å². The summed E-state index contributed by atoms with van der Waals surface area (Å²) >= 11 is 2.15. The van der Waals surface area contributed by atoms with Crippen molar-refractivity contribution in [2.75, 3.05) is 6.54 Å². The quantitative estimate of drug-likeness (QED) is 0.251. The molecule has 1 unspecified atom stereocenters. The zero-order valence-electron chi connectivity index (χ0n) is 10.3. The van der Waals surface area contributed by atoms with Crippen molar-refractivity contribution in [1.29, 1.82) is 0 Å². The van der Waals surface area contributed by atoms with Gasteiger partial charge in [0.2, 0.25) is 0 Å². The molecule has 0 spiro atoms. The topological polar surface area (TPSA) is 87.7 Å². The number of nitrogens with zero attached hydrogens (tertiary/aromatic N) is 1. The Balaban J connectivity index is 2.69. The molecule has 1 aromatic carbocycles. The second-order valence-corrected chi connectivity index (χ2v) is 5.15. The number of carbonyl (C=O) groups is 1. The van der Waals surface area contributed by atoms with Crippen molar-refractivity contribution in [3.8, 4) is 0 Å². The minimum atomic E-state index is -0.207. The number of rotatable bonds is 4. The first-order chi connectivity index (χ1) is 8.47. The van der Waals surface area contributed by atoms with Gasteiger partial charge < -0.3 is 16.3 Å². The van der Waals surface area contributed by atoms with E-state index in [1.54, 1.807) is 13.0 Å². The van der Waals surface area contributed by atoms with E-state index in [2.05, 4.69) is 33.1 Å². The number of benzene rings is 1. The smallest absolute Gasteiger partial charge is 0.252 e. The summed E-state index contributed by atoms with van der Waals surface area (Å²) in [5.41, 5.74) is 7.15. The number of nitrogens with one attached hydrogen (secondary N) is 1. The maximum Gasteiger partial charge on any atom is 0.252 e. The summed E-state index contributed by atoms with van der Waals surface area (Å²) in [5.74, 6) is -0.253. The Morgan fingerprint density at radius 1 is 1.61 bits per heavy atom. The summed E-state index contributed by atoms with van der Waals surface area (Å²) in [6.07, 6.45) is 0. The average molecular weight is 361 g/mol. The monoisotopic (exact) mass is 361 g/mol. The molecule has 0 heterocycles. The fraction of sp³-hybridized carbons (Fsp3) is 0.333. The SMILES string of the molecule is Cc1cccc(C(=O)NCC(C)/C(N)=N/O)c1I. The zero-order chi connectivity index (χ0) is 13.7. The molecule has 0 saturated carbocycles. The first kappa shape index (κ1) is 14.7. The fourth-order valence-corrected chi connectivity index (χ4v) is 1.97. The predicted molar refractivity (Wildman–Crippen MR) is 78.8 cm³/mol. The average Bonchev–Trinajstić information content (AvgIpc) is 2.37. The van der Waals surface area contributed by atoms with E-state index < -0.39 is 0 Å². The molecule has 0 saturated heterocycles. The van der Waals surface area contributed by atoms with Gasteiger partial charge in [-0.05, 0) is 41.1 Å². The number of nitrogens with two attached hydrogens (primary N) is 1. The first-order valence-corrected chi connectivity index (χ1v) is 6.56. The summed E-state index contributed by atoms with van der Waals surface area (Å²) in [7, 11) is 0. The van der Waals surface area contributed by atoms with Gasteiger partial charge >= 0.3 is 0 Å². The highest BCUT2D eigenvalue weighted by molar-refractivity contribution is 14.1. The van der Waals surface area contributed by atoms with E-state index in [-0.39, 0.29) is 17.7 Å². The highest BCUT2D eigenvalue weighted by atomic mass is 127. The Morgan fingerprint density at radius 3 is 2.89 bits per heavy atom. The molecule has 1 atom stereocenters. The van der Waals surface area contributed by atoms with Gasteiger partial charge in [-0.15, -0.1) is 0 Å². The molecule has 1 aromatic rings. The van der Waals surface area contributed by atoms with Crippen molar-refractivity contribution < 1.29 is 10.0 Å². The van der Waals surface area contributed by atoms with Crippen LogP contribution in [0.15, 0.2) is 23.4 Å². The lowest BCUT2D eigenvalue weighted by Crippen LogP contribution is -2.35. The molecule has 0 fully saturated rings. The molecule has 6 heteroatoms. The van der Waals surface area contributed by atoms with Crippen LogP contribution in [0.3, 0.4) is 0 Å². The van der Waals surface area contributed by atoms with Gasteiger partial charge in [-0.2, -0.15) is 0 Å². The molecule has 18 heavy (non-hydrogen) atoms. The van der Waals surface area contributed by atoms with Gasteiger partial charge in [0.25, 0.3) is 5.91 Å². The highest BCUT2D eigenvalue weighted by Crippen LogP contribution is 2.16. The molecule has 0 aromatic heterocycles. The van der Waals surface area contributed by atoms with E-state index in [0.29, 0.717) is 12.1 Å². The van der Waals surface area contributed by atoms with Gasteiger partial charge in [0.15, 0.2) is 0 Å². The molecule has 0 radical (unpaired) electrons. The number of oxime groups is 1. The molecule has 1 amide bonds. The second-order valence-electron chi connectivity index (χ2n) is 4.07. The van der Waals surface area contributed by atoms with Gasteiger partial charge in [0.1, 0.15) is 5.84 Å². The molecule has 0 aliphatic rings. The molecule has 0 aliphatic heterocycles. The predicted octanol–water partition coefficient (Wildman–Crippen LogP) is 1.71. The number of amidine groups is 1. The molecular weight excluding hydrogens is 345 g/mol. The van der Waals surface area contributed by atoms with Crippen LogP contribution >= 0.6 is 22.6 Å². The Labute approximate surface area is 120 Å². The molecule has 0 bridgehead atoms. The minimum absolute atomic E-state index is 0.106. The van der Waals surface area contributed by atoms with E-state index >= 15 is 0 Å². The van der Waals surface area contributed by atoms with E-state index in [1.165, 1.54) is 0 Å². The van der Waals surface area contributed by atoms with Crippen LogP contribution in [0.5, 0.6) is 0 Å². The summed E-state index contributed by atoms with van der Waals surface area (Å²) in [6.45, 7) is 4.06. The Hall–Kier alpha value is -1.31. The van der Waals surface area contributed by atoms with Crippen LogP contribution in [-0.4, -0.2) is 23.5 Å². The number of hydrogen-bond donors (Lipinski definition) is 3. The lowest BCUT2D eigenvalue weighted by molar-refractivity contribution is 0.0950. The minimum Gasteiger partial charge on any atom is -0.409 e. The van der Waals surface area contributed by atoms with Gasteiger partial charge in [-0.25, -0.2) is 0 Å². The molecule has 4 N–H and O–H groups in total. The second kappa shape index (κ2) is 6.58. The summed E-state index contributed by atoms with van der Waals surface area (Å²) in [6, 6.07) is 5.58. The number of carbonyl (C=O) groups excluding carboxylic acids is 1. The number of amides is 1. The molecule has 0 aliphatic carbocycles. The first-order valence-electron chi connectivity index (χ1n) is 5.48. The zero-order valence-corrected chi connectivity index (χ0v) is 12.4. The Bertz CT molecular complexity index is 474. The fourth-order valence-electron chi connectivity index (χ4n) is 1.37. The van der Waals surface area contributed by atoms with Gasteiger partial charge in [0.05, 0.1) is 5.56 Å². The standard InChI is InChI=1S/C12H16IN3O2/c1-7-4-3-5-9(10(7)13)12(17)15-6-8(2)11(14)16-18/h3-5,8,18H,6H2,1-2H3,(H2,14,16)(H,15,17). The van der Waals surface area contributed by atoms with Crippen LogP contribution in [0.1, 0.15) is 22.8 Å². The van der Waals surface area contributed by atoms with Gasteiger partial charge in [0, 0.05) is 16.0 Å².